The van der Waals surface area contributed by atoms with E-state index in [2.05, 4.69) is 31.7 Å². The number of thiol groups is 1. The summed E-state index contributed by atoms with van der Waals surface area (Å²) in [4.78, 5) is 17.1. The lowest BCUT2D eigenvalue weighted by Crippen LogP contribution is -2.25. The maximum atomic E-state index is 11.2. The van der Waals surface area contributed by atoms with Gasteiger partial charge in [0, 0.05) is 35.3 Å². The third-order valence-corrected chi connectivity index (χ3v) is 7.99. The summed E-state index contributed by atoms with van der Waals surface area (Å²) in [7, 11) is 0. The number of rotatable bonds is 12. The SMILES string of the molecule is CCCCCC(O)/C=C/C1C(O)CC2(Sc3ccccc3)N=C(CCCC(=O)S)CC12. The Bertz CT molecular complexity index is 782. The molecule has 0 aromatic heterocycles. The second-order valence-electron chi connectivity index (χ2n) is 8.79. The molecule has 1 saturated carbocycles. The fourth-order valence-electron chi connectivity index (χ4n) is 4.80. The van der Waals surface area contributed by atoms with Gasteiger partial charge in [-0.15, -0.1) is 12.6 Å². The fraction of sp³-hybridized carbons (Fsp3) is 0.600. The van der Waals surface area contributed by atoms with E-state index in [4.69, 9.17) is 4.99 Å². The van der Waals surface area contributed by atoms with Crippen molar-refractivity contribution in [3.05, 3.63) is 42.5 Å². The van der Waals surface area contributed by atoms with E-state index >= 15 is 0 Å². The Morgan fingerprint density at radius 1 is 1.32 bits per heavy atom. The van der Waals surface area contributed by atoms with Gasteiger partial charge < -0.3 is 10.2 Å². The topological polar surface area (TPSA) is 69.9 Å². The summed E-state index contributed by atoms with van der Waals surface area (Å²) >= 11 is 5.62. The van der Waals surface area contributed by atoms with E-state index < -0.39 is 12.2 Å². The zero-order chi connectivity index (χ0) is 22.3. The highest BCUT2D eigenvalue weighted by atomic mass is 32.2. The van der Waals surface area contributed by atoms with E-state index in [1.54, 1.807) is 11.8 Å². The minimum absolute atomic E-state index is 0.0233. The molecule has 1 aromatic carbocycles. The van der Waals surface area contributed by atoms with Crippen LogP contribution in [0, 0.1) is 11.8 Å². The van der Waals surface area contributed by atoms with Crippen LogP contribution >= 0.6 is 24.4 Å². The van der Waals surface area contributed by atoms with Gasteiger partial charge in [-0.3, -0.25) is 9.79 Å². The number of carbonyl (C=O) groups is 1. The quantitative estimate of drug-likeness (QED) is 0.220. The molecular weight excluding hydrogens is 426 g/mol. The van der Waals surface area contributed by atoms with Crippen LogP contribution in [-0.4, -0.2) is 38.1 Å². The molecule has 1 heterocycles. The third kappa shape index (κ3) is 6.70. The molecule has 2 aliphatic rings. The molecule has 1 aliphatic heterocycles. The summed E-state index contributed by atoms with van der Waals surface area (Å²) in [6.45, 7) is 2.16. The fourth-order valence-corrected chi connectivity index (χ4v) is 6.48. The maximum Gasteiger partial charge on any atom is 0.185 e. The van der Waals surface area contributed by atoms with Crippen LogP contribution in [-0.2, 0) is 4.79 Å². The molecule has 170 valence electrons. The second kappa shape index (κ2) is 11.7. The van der Waals surface area contributed by atoms with Crippen molar-refractivity contribution in [3.8, 4) is 0 Å². The van der Waals surface area contributed by atoms with Crippen molar-refractivity contribution in [3.63, 3.8) is 0 Å². The highest BCUT2D eigenvalue weighted by Crippen LogP contribution is 2.57. The number of aliphatic hydroxyl groups is 2. The number of carbonyl (C=O) groups excluding carboxylic acids is 1. The summed E-state index contributed by atoms with van der Waals surface area (Å²) in [6, 6.07) is 10.3. The van der Waals surface area contributed by atoms with Gasteiger partial charge in [-0.1, -0.05) is 68.3 Å². The average molecular weight is 462 g/mol. The van der Waals surface area contributed by atoms with Gasteiger partial charge in [-0.2, -0.15) is 0 Å². The van der Waals surface area contributed by atoms with Crippen LogP contribution in [0.2, 0.25) is 0 Å². The van der Waals surface area contributed by atoms with Crippen LogP contribution in [0.4, 0.5) is 0 Å². The Morgan fingerprint density at radius 2 is 2.10 bits per heavy atom. The van der Waals surface area contributed by atoms with Crippen molar-refractivity contribution in [2.24, 2.45) is 16.8 Å². The Balaban J connectivity index is 1.75. The Hall–Kier alpha value is -1.08. The standard InChI is InChI=1S/C25H35NO3S2/c1-2-3-5-10-19(27)14-15-21-22-16-18(9-8-13-24(29)30)26-25(22,17-23(21)28)31-20-11-6-4-7-12-20/h4,6-7,11-12,14-15,19,21-23,27-28H,2-3,5,8-10,13,16-17H2,1H3,(H,29,30)/b15-14+. The molecule has 4 nitrogen and oxygen atoms in total. The van der Waals surface area contributed by atoms with Crippen LogP contribution in [0.5, 0.6) is 0 Å². The first kappa shape index (κ1) is 24.6. The van der Waals surface area contributed by atoms with E-state index in [1.165, 1.54) is 0 Å². The highest BCUT2D eigenvalue weighted by molar-refractivity contribution is 8.00. The predicted octanol–water partition coefficient (Wildman–Crippen LogP) is 5.44. The Morgan fingerprint density at radius 3 is 2.81 bits per heavy atom. The molecule has 1 aromatic rings. The van der Waals surface area contributed by atoms with Gasteiger partial charge in [-0.25, -0.2) is 0 Å². The van der Waals surface area contributed by atoms with E-state index in [9.17, 15) is 15.0 Å². The zero-order valence-corrected chi connectivity index (χ0v) is 20.0. The van der Waals surface area contributed by atoms with Crippen molar-refractivity contribution >= 4 is 35.2 Å². The average Bonchev–Trinajstić information content (AvgIpc) is 3.17. The number of thioether (sulfide) groups is 1. The summed E-state index contributed by atoms with van der Waals surface area (Å²) in [5, 5.41) is 21.2. The van der Waals surface area contributed by atoms with Crippen molar-refractivity contribution in [1.29, 1.82) is 0 Å². The molecule has 2 N–H and O–H groups in total. The second-order valence-corrected chi connectivity index (χ2v) is 10.7. The minimum atomic E-state index is -0.468. The predicted molar refractivity (Wildman–Crippen MR) is 132 cm³/mol. The van der Waals surface area contributed by atoms with Gasteiger partial charge in [0.25, 0.3) is 0 Å². The molecule has 3 rings (SSSR count). The van der Waals surface area contributed by atoms with Crippen LogP contribution in [0.3, 0.4) is 0 Å². The zero-order valence-electron chi connectivity index (χ0n) is 18.3. The van der Waals surface area contributed by atoms with Gasteiger partial charge in [0.05, 0.1) is 12.2 Å². The van der Waals surface area contributed by atoms with Gasteiger partial charge in [-0.05, 0) is 37.8 Å². The van der Waals surface area contributed by atoms with Crippen molar-refractivity contribution in [2.75, 3.05) is 0 Å². The molecule has 1 fully saturated rings. The lowest BCUT2D eigenvalue weighted by Gasteiger charge is -2.27. The number of nitrogens with zero attached hydrogens (tertiary/aromatic N) is 1. The Kier molecular flexibility index (Phi) is 9.26. The highest BCUT2D eigenvalue weighted by Gasteiger charge is 2.56. The lowest BCUT2D eigenvalue weighted by atomic mass is 9.88. The number of hydrogen-bond acceptors (Lipinski definition) is 5. The molecule has 1 aliphatic carbocycles. The van der Waals surface area contributed by atoms with E-state index in [0.29, 0.717) is 12.8 Å². The summed E-state index contributed by atoms with van der Waals surface area (Å²) in [5.74, 6) is 0.165. The molecule has 6 heteroatoms. The van der Waals surface area contributed by atoms with Crippen molar-refractivity contribution < 1.29 is 15.0 Å². The first-order valence-electron chi connectivity index (χ1n) is 11.5. The van der Waals surface area contributed by atoms with Crippen molar-refractivity contribution in [2.45, 2.75) is 86.7 Å². The molecule has 0 saturated heterocycles. The molecule has 0 bridgehead atoms. The van der Waals surface area contributed by atoms with E-state index in [1.807, 2.05) is 30.4 Å². The van der Waals surface area contributed by atoms with Gasteiger partial charge in [0.15, 0.2) is 5.12 Å². The number of fused-ring (bicyclic) bond motifs is 1. The Labute approximate surface area is 196 Å². The summed E-state index contributed by atoms with van der Waals surface area (Å²) < 4.78 is 0. The molecule has 0 amide bonds. The number of unbranched alkanes of at least 4 members (excludes halogenated alkanes) is 2. The van der Waals surface area contributed by atoms with Crippen LogP contribution < -0.4 is 0 Å². The van der Waals surface area contributed by atoms with Gasteiger partial charge in [0.2, 0.25) is 0 Å². The van der Waals surface area contributed by atoms with Crippen LogP contribution in [0.15, 0.2) is 52.4 Å². The van der Waals surface area contributed by atoms with Gasteiger partial charge >= 0.3 is 0 Å². The normalized spacial score (nSPS) is 28.6. The smallest absolute Gasteiger partial charge is 0.185 e. The van der Waals surface area contributed by atoms with Crippen LogP contribution in [0.25, 0.3) is 0 Å². The first-order chi connectivity index (χ1) is 14.9. The molecule has 31 heavy (non-hydrogen) atoms. The minimum Gasteiger partial charge on any atom is -0.392 e. The molecule has 0 spiro atoms. The number of aliphatic imine (C=N–C) groups is 1. The maximum absolute atomic E-state index is 11.2. The number of aliphatic hydroxyl groups excluding tert-OH is 2. The van der Waals surface area contributed by atoms with Crippen LogP contribution in [0.1, 0.15) is 64.7 Å². The van der Waals surface area contributed by atoms with E-state index in [-0.39, 0.29) is 21.8 Å². The monoisotopic (exact) mass is 461 g/mol. The molecular formula is C25H35NO3S2. The van der Waals surface area contributed by atoms with E-state index in [0.717, 1.165) is 55.6 Å². The number of benzene rings is 1. The number of hydrogen-bond donors (Lipinski definition) is 3. The largest absolute Gasteiger partial charge is 0.392 e. The summed E-state index contributed by atoms with van der Waals surface area (Å²) in [6.07, 6.45) is 10.5. The van der Waals surface area contributed by atoms with Crippen molar-refractivity contribution in [1.82, 2.24) is 0 Å². The molecule has 5 atom stereocenters. The molecule has 0 radical (unpaired) electrons. The lowest BCUT2D eigenvalue weighted by molar-refractivity contribution is -0.110. The summed E-state index contributed by atoms with van der Waals surface area (Å²) in [5.41, 5.74) is 1.14. The first-order valence-corrected chi connectivity index (χ1v) is 12.8. The molecule has 5 unspecified atom stereocenters. The van der Waals surface area contributed by atoms with Gasteiger partial charge in [0.1, 0.15) is 4.87 Å². The third-order valence-electron chi connectivity index (χ3n) is 6.35.